The summed E-state index contributed by atoms with van der Waals surface area (Å²) in [5.74, 6) is 0.185. The second kappa shape index (κ2) is 8.55. The number of likely N-dealkylation sites (tertiary alicyclic amines) is 1. The minimum atomic E-state index is 0.185. The molecule has 24 heavy (non-hydrogen) atoms. The van der Waals surface area contributed by atoms with Crippen molar-refractivity contribution in [3.63, 3.8) is 0 Å². The molecule has 0 N–H and O–H groups in total. The Labute approximate surface area is 143 Å². The van der Waals surface area contributed by atoms with Gasteiger partial charge in [-0.05, 0) is 24.5 Å². The van der Waals surface area contributed by atoms with Gasteiger partial charge >= 0.3 is 0 Å². The van der Waals surface area contributed by atoms with E-state index in [1.807, 2.05) is 17.0 Å². The Balaban J connectivity index is 1.58. The summed E-state index contributed by atoms with van der Waals surface area (Å²) in [6.07, 6.45) is 6.03. The third kappa shape index (κ3) is 4.32. The number of pyridine rings is 1. The van der Waals surface area contributed by atoms with E-state index in [2.05, 4.69) is 9.88 Å². The summed E-state index contributed by atoms with van der Waals surface area (Å²) < 4.78 is 11.2. The number of ether oxygens (including phenoxy) is 2. The monoisotopic (exact) mass is 333 g/mol. The van der Waals surface area contributed by atoms with Gasteiger partial charge < -0.3 is 14.4 Å². The van der Waals surface area contributed by atoms with Crippen molar-refractivity contribution in [2.45, 2.75) is 31.4 Å². The minimum Gasteiger partial charge on any atom is -0.383 e. The molecule has 0 aliphatic carbocycles. The molecule has 3 rings (SSSR count). The first-order valence-corrected chi connectivity index (χ1v) is 8.79. The standard InChI is InChI=1S/C18H27N3O3/c1-23-11-9-20-10-12-24-17-5-8-21(7-4-16(17)20)18(22)13-15-3-2-6-19-14-15/h2-3,6,14,16-17H,4-5,7-13H2,1H3/t16-,17+/m0/s1. The number of morpholine rings is 1. The van der Waals surface area contributed by atoms with Crippen molar-refractivity contribution in [3.05, 3.63) is 30.1 Å². The van der Waals surface area contributed by atoms with E-state index in [1.54, 1.807) is 19.5 Å². The van der Waals surface area contributed by atoms with E-state index in [0.29, 0.717) is 12.5 Å². The third-order valence-electron chi connectivity index (χ3n) is 5.00. The van der Waals surface area contributed by atoms with Crippen LogP contribution in [-0.4, -0.2) is 79.3 Å². The summed E-state index contributed by atoms with van der Waals surface area (Å²) in [7, 11) is 1.74. The van der Waals surface area contributed by atoms with Crippen LogP contribution in [0.3, 0.4) is 0 Å². The van der Waals surface area contributed by atoms with Crippen molar-refractivity contribution in [2.24, 2.45) is 0 Å². The summed E-state index contributed by atoms with van der Waals surface area (Å²) in [6.45, 7) is 4.98. The maximum absolute atomic E-state index is 12.6. The number of methoxy groups -OCH3 is 1. The van der Waals surface area contributed by atoms with Crippen molar-refractivity contribution in [3.8, 4) is 0 Å². The van der Waals surface area contributed by atoms with Crippen LogP contribution in [0.1, 0.15) is 18.4 Å². The van der Waals surface area contributed by atoms with Gasteiger partial charge in [-0.1, -0.05) is 6.07 Å². The predicted octanol–water partition coefficient (Wildman–Crippen LogP) is 0.962. The number of hydrogen-bond acceptors (Lipinski definition) is 5. The van der Waals surface area contributed by atoms with Gasteiger partial charge in [-0.25, -0.2) is 0 Å². The van der Waals surface area contributed by atoms with Crippen LogP contribution in [0.4, 0.5) is 0 Å². The Bertz CT molecular complexity index is 526. The summed E-state index contributed by atoms with van der Waals surface area (Å²) >= 11 is 0. The zero-order chi connectivity index (χ0) is 16.8. The first-order valence-electron chi connectivity index (χ1n) is 8.79. The number of rotatable bonds is 5. The average Bonchev–Trinajstić information content (AvgIpc) is 2.84. The molecule has 132 valence electrons. The number of carbonyl (C=O) groups is 1. The van der Waals surface area contributed by atoms with E-state index < -0.39 is 0 Å². The van der Waals surface area contributed by atoms with Crippen LogP contribution in [0.2, 0.25) is 0 Å². The topological polar surface area (TPSA) is 54.9 Å². The largest absolute Gasteiger partial charge is 0.383 e. The Hall–Kier alpha value is -1.50. The van der Waals surface area contributed by atoms with Crippen molar-refractivity contribution in [1.82, 2.24) is 14.8 Å². The molecule has 2 aliphatic heterocycles. The summed E-state index contributed by atoms with van der Waals surface area (Å²) in [5, 5.41) is 0. The van der Waals surface area contributed by atoms with Gasteiger partial charge in [0.15, 0.2) is 0 Å². The minimum absolute atomic E-state index is 0.185. The van der Waals surface area contributed by atoms with E-state index in [4.69, 9.17) is 9.47 Å². The lowest BCUT2D eigenvalue weighted by Gasteiger charge is -2.40. The highest BCUT2D eigenvalue weighted by molar-refractivity contribution is 5.78. The van der Waals surface area contributed by atoms with E-state index in [1.165, 1.54) is 0 Å². The first-order chi connectivity index (χ1) is 11.8. The second-order valence-electron chi connectivity index (χ2n) is 6.50. The highest BCUT2D eigenvalue weighted by Gasteiger charge is 2.35. The molecule has 0 radical (unpaired) electrons. The van der Waals surface area contributed by atoms with Gasteiger partial charge in [0, 0.05) is 51.7 Å². The number of amides is 1. The molecule has 6 nitrogen and oxygen atoms in total. The lowest BCUT2D eigenvalue weighted by molar-refractivity contribution is -0.130. The summed E-state index contributed by atoms with van der Waals surface area (Å²) in [5.41, 5.74) is 0.974. The van der Waals surface area contributed by atoms with Crippen LogP contribution in [0.15, 0.2) is 24.5 Å². The molecule has 1 aromatic rings. The lowest BCUT2D eigenvalue weighted by atomic mass is 10.0. The molecule has 0 bridgehead atoms. The fourth-order valence-corrected chi connectivity index (χ4v) is 3.69. The van der Waals surface area contributed by atoms with Gasteiger partial charge in [-0.2, -0.15) is 0 Å². The highest BCUT2D eigenvalue weighted by Crippen LogP contribution is 2.24. The molecule has 2 fully saturated rings. The van der Waals surface area contributed by atoms with Crippen LogP contribution in [0.25, 0.3) is 0 Å². The SMILES string of the molecule is COCCN1CCO[C@@H]2CCN(C(=O)Cc3cccnc3)CC[C@@H]21. The van der Waals surface area contributed by atoms with Crippen LogP contribution < -0.4 is 0 Å². The Kier molecular flexibility index (Phi) is 6.18. The molecule has 1 aromatic heterocycles. The molecular weight excluding hydrogens is 306 g/mol. The number of carbonyl (C=O) groups excluding carboxylic acids is 1. The molecule has 2 aliphatic rings. The van der Waals surface area contributed by atoms with E-state index in [0.717, 1.165) is 57.8 Å². The number of aromatic nitrogens is 1. The number of fused-ring (bicyclic) bond motifs is 1. The molecule has 6 heteroatoms. The fraction of sp³-hybridized carbons (Fsp3) is 0.667. The molecule has 0 unspecified atom stereocenters. The zero-order valence-corrected chi connectivity index (χ0v) is 14.4. The molecule has 0 saturated carbocycles. The molecular formula is C18H27N3O3. The van der Waals surface area contributed by atoms with Crippen molar-refractivity contribution >= 4 is 5.91 Å². The molecule has 3 heterocycles. The summed E-state index contributed by atoms with van der Waals surface area (Å²) in [6, 6.07) is 4.23. The number of nitrogens with zero attached hydrogens (tertiary/aromatic N) is 3. The van der Waals surface area contributed by atoms with Crippen molar-refractivity contribution in [2.75, 3.05) is 46.5 Å². The average molecular weight is 333 g/mol. The smallest absolute Gasteiger partial charge is 0.227 e. The van der Waals surface area contributed by atoms with Crippen molar-refractivity contribution < 1.29 is 14.3 Å². The first kappa shape index (κ1) is 17.3. The van der Waals surface area contributed by atoms with E-state index in [-0.39, 0.29) is 12.0 Å². The van der Waals surface area contributed by atoms with Gasteiger partial charge in [-0.15, -0.1) is 0 Å². The molecule has 0 spiro atoms. The molecule has 2 atom stereocenters. The van der Waals surface area contributed by atoms with Gasteiger partial charge in [0.1, 0.15) is 0 Å². The van der Waals surface area contributed by atoms with Crippen LogP contribution in [0, 0.1) is 0 Å². The van der Waals surface area contributed by atoms with Crippen LogP contribution >= 0.6 is 0 Å². The Morgan fingerprint density at radius 1 is 1.38 bits per heavy atom. The normalized spacial score (nSPS) is 25.1. The lowest BCUT2D eigenvalue weighted by Crippen LogP contribution is -2.52. The van der Waals surface area contributed by atoms with E-state index >= 15 is 0 Å². The van der Waals surface area contributed by atoms with Crippen LogP contribution in [-0.2, 0) is 20.7 Å². The fourth-order valence-electron chi connectivity index (χ4n) is 3.69. The van der Waals surface area contributed by atoms with E-state index in [9.17, 15) is 4.79 Å². The molecule has 1 amide bonds. The summed E-state index contributed by atoms with van der Waals surface area (Å²) in [4.78, 5) is 21.1. The van der Waals surface area contributed by atoms with Gasteiger partial charge in [0.2, 0.25) is 5.91 Å². The Morgan fingerprint density at radius 3 is 3.04 bits per heavy atom. The molecule has 2 saturated heterocycles. The Morgan fingerprint density at radius 2 is 2.25 bits per heavy atom. The second-order valence-corrected chi connectivity index (χ2v) is 6.50. The predicted molar refractivity (Wildman–Crippen MR) is 90.7 cm³/mol. The van der Waals surface area contributed by atoms with Gasteiger partial charge in [0.25, 0.3) is 0 Å². The number of hydrogen-bond donors (Lipinski definition) is 0. The maximum atomic E-state index is 12.6. The highest BCUT2D eigenvalue weighted by atomic mass is 16.5. The quantitative estimate of drug-likeness (QED) is 0.803. The van der Waals surface area contributed by atoms with Gasteiger partial charge in [0.05, 0.1) is 25.7 Å². The molecule has 0 aromatic carbocycles. The third-order valence-corrected chi connectivity index (χ3v) is 5.00. The van der Waals surface area contributed by atoms with Crippen molar-refractivity contribution in [1.29, 1.82) is 0 Å². The zero-order valence-electron chi connectivity index (χ0n) is 14.4. The van der Waals surface area contributed by atoms with Gasteiger partial charge in [-0.3, -0.25) is 14.7 Å². The maximum Gasteiger partial charge on any atom is 0.227 e. The van der Waals surface area contributed by atoms with Crippen LogP contribution in [0.5, 0.6) is 0 Å².